The maximum atomic E-state index is 10.00. The molecule has 6 N–H and O–H groups in total. The second kappa shape index (κ2) is 4.24. The Balaban J connectivity index is 4.00. The van der Waals surface area contributed by atoms with Crippen LogP contribution in [0.4, 0.5) is 0 Å². The van der Waals surface area contributed by atoms with Crippen molar-refractivity contribution in [3.8, 4) is 0 Å². The molecule has 0 aromatic rings. The lowest BCUT2D eigenvalue weighted by Gasteiger charge is -2.18. The fourth-order valence-corrected chi connectivity index (χ4v) is 0.496. The van der Waals surface area contributed by atoms with Crippen molar-refractivity contribution < 1.29 is 25.2 Å². The molecule has 0 bridgehead atoms. The summed E-state index contributed by atoms with van der Waals surface area (Å²) in [5.74, 6) is -1.59. The lowest BCUT2D eigenvalue weighted by molar-refractivity contribution is -0.157. The molecular formula is C5H11NO5. The molecule has 0 heterocycles. The number of carboxylic acid groups (broad SMARTS) is 1. The number of rotatable bonds is 4. The molecule has 0 saturated carbocycles. The van der Waals surface area contributed by atoms with Crippen LogP contribution in [0.1, 0.15) is 0 Å². The highest BCUT2D eigenvalue weighted by Crippen LogP contribution is 1.98. The summed E-state index contributed by atoms with van der Waals surface area (Å²) in [5.41, 5.74) is 4.90. The van der Waals surface area contributed by atoms with E-state index in [-0.39, 0.29) is 6.54 Å². The van der Waals surface area contributed by atoms with E-state index in [0.717, 1.165) is 0 Å². The number of nitrogens with two attached hydrogens (primary N) is 1. The molecule has 0 unspecified atom stereocenters. The molecule has 0 radical (unpaired) electrons. The van der Waals surface area contributed by atoms with Crippen molar-refractivity contribution in [2.45, 2.75) is 18.3 Å². The fourth-order valence-electron chi connectivity index (χ4n) is 0.496. The molecule has 0 aromatic heterocycles. The quantitative estimate of drug-likeness (QED) is 0.304. The van der Waals surface area contributed by atoms with Gasteiger partial charge in [-0.05, 0) is 0 Å². The number of carboxylic acids is 1. The normalized spacial score (nSPS) is 18.9. The molecule has 0 aliphatic heterocycles. The Morgan fingerprint density at radius 1 is 1.36 bits per heavy atom. The largest absolute Gasteiger partial charge is 0.479 e. The SMILES string of the molecule is NC[C@H](O)[C@@H](O)[C@H](O)C(=O)O. The van der Waals surface area contributed by atoms with Crippen molar-refractivity contribution in [3.05, 3.63) is 0 Å². The summed E-state index contributed by atoms with van der Waals surface area (Å²) in [7, 11) is 0. The number of carbonyl (C=O) groups is 1. The summed E-state index contributed by atoms with van der Waals surface area (Å²) in [6, 6.07) is 0. The first kappa shape index (κ1) is 10.3. The van der Waals surface area contributed by atoms with Crippen molar-refractivity contribution in [2.75, 3.05) is 6.54 Å². The number of hydrogen-bond donors (Lipinski definition) is 5. The standard InChI is InChI=1S/C5H11NO5/c6-1-2(7)3(8)4(9)5(10)11/h2-4,7-9H,1,6H2,(H,10,11)/t2-,3+,4-/m0/s1. The van der Waals surface area contributed by atoms with E-state index in [1.165, 1.54) is 0 Å². The van der Waals surface area contributed by atoms with Crippen molar-refractivity contribution in [3.63, 3.8) is 0 Å². The molecule has 66 valence electrons. The van der Waals surface area contributed by atoms with Gasteiger partial charge in [-0.25, -0.2) is 4.79 Å². The Morgan fingerprint density at radius 3 is 2.09 bits per heavy atom. The number of aliphatic hydroxyl groups excluding tert-OH is 3. The average molecular weight is 165 g/mol. The first-order valence-electron chi connectivity index (χ1n) is 2.97. The molecule has 0 aromatic carbocycles. The number of aliphatic hydroxyl groups is 3. The summed E-state index contributed by atoms with van der Waals surface area (Å²) in [6.07, 6.45) is -5.15. The van der Waals surface area contributed by atoms with E-state index in [2.05, 4.69) is 0 Å². The average Bonchev–Trinajstić information content (AvgIpc) is 2.00. The maximum absolute atomic E-state index is 10.00. The second-order valence-corrected chi connectivity index (χ2v) is 2.08. The lowest BCUT2D eigenvalue weighted by atomic mass is 10.1. The van der Waals surface area contributed by atoms with Gasteiger partial charge in [-0.3, -0.25) is 0 Å². The van der Waals surface area contributed by atoms with Gasteiger partial charge in [-0.1, -0.05) is 0 Å². The van der Waals surface area contributed by atoms with Gasteiger partial charge in [-0.15, -0.1) is 0 Å². The Morgan fingerprint density at radius 2 is 1.82 bits per heavy atom. The topological polar surface area (TPSA) is 124 Å². The second-order valence-electron chi connectivity index (χ2n) is 2.08. The number of hydrogen-bond acceptors (Lipinski definition) is 5. The zero-order chi connectivity index (χ0) is 9.02. The molecule has 0 aliphatic rings. The Bertz CT molecular complexity index is 139. The van der Waals surface area contributed by atoms with E-state index >= 15 is 0 Å². The van der Waals surface area contributed by atoms with Crippen molar-refractivity contribution in [2.24, 2.45) is 5.73 Å². The Labute approximate surface area is 62.9 Å². The van der Waals surface area contributed by atoms with Gasteiger partial charge in [0, 0.05) is 6.54 Å². The van der Waals surface area contributed by atoms with Gasteiger partial charge < -0.3 is 26.2 Å². The van der Waals surface area contributed by atoms with Gasteiger partial charge in [0.2, 0.25) is 0 Å². The summed E-state index contributed by atoms with van der Waals surface area (Å²) in [5, 5.41) is 34.3. The predicted molar refractivity (Wildman–Crippen MR) is 34.7 cm³/mol. The minimum atomic E-state index is -1.99. The van der Waals surface area contributed by atoms with E-state index in [0.29, 0.717) is 0 Å². The van der Waals surface area contributed by atoms with Gasteiger partial charge in [0.05, 0.1) is 6.10 Å². The summed E-state index contributed by atoms with van der Waals surface area (Å²) < 4.78 is 0. The molecule has 0 saturated heterocycles. The van der Waals surface area contributed by atoms with E-state index in [1.54, 1.807) is 0 Å². The molecule has 6 heteroatoms. The summed E-state index contributed by atoms with van der Waals surface area (Å²) in [6.45, 7) is -0.300. The van der Waals surface area contributed by atoms with Crippen molar-refractivity contribution >= 4 is 5.97 Å². The lowest BCUT2D eigenvalue weighted by Crippen LogP contribution is -2.45. The monoisotopic (exact) mass is 165 g/mol. The van der Waals surface area contributed by atoms with E-state index in [9.17, 15) is 4.79 Å². The highest BCUT2D eigenvalue weighted by molar-refractivity contribution is 5.72. The van der Waals surface area contributed by atoms with Crippen molar-refractivity contribution in [1.82, 2.24) is 0 Å². The van der Waals surface area contributed by atoms with Crippen molar-refractivity contribution in [1.29, 1.82) is 0 Å². The first-order valence-corrected chi connectivity index (χ1v) is 2.97. The Hall–Kier alpha value is -0.690. The number of aliphatic carboxylic acids is 1. The van der Waals surface area contributed by atoms with Crippen LogP contribution in [0.2, 0.25) is 0 Å². The minimum Gasteiger partial charge on any atom is -0.479 e. The molecule has 0 fully saturated rings. The summed E-state index contributed by atoms with van der Waals surface area (Å²) in [4.78, 5) is 10.00. The molecule has 6 nitrogen and oxygen atoms in total. The highest BCUT2D eigenvalue weighted by atomic mass is 16.4. The molecule has 0 amide bonds. The van der Waals surface area contributed by atoms with Gasteiger partial charge >= 0.3 is 5.97 Å². The van der Waals surface area contributed by atoms with Crippen LogP contribution in [0, 0.1) is 0 Å². The van der Waals surface area contributed by atoms with Crippen LogP contribution in [-0.2, 0) is 4.79 Å². The molecule has 0 spiro atoms. The third-order valence-corrected chi connectivity index (χ3v) is 1.21. The van der Waals surface area contributed by atoms with Crippen LogP contribution >= 0.6 is 0 Å². The highest BCUT2D eigenvalue weighted by Gasteiger charge is 2.28. The zero-order valence-corrected chi connectivity index (χ0v) is 5.71. The van der Waals surface area contributed by atoms with E-state index in [1.807, 2.05) is 0 Å². The maximum Gasteiger partial charge on any atom is 0.335 e. The third kappa shape index (κ3) is 2.81. The summed E-state index contributed by atoms with van der Waals surface area (Å²) >= 11 is 0. The molecule has 11 heavy (non-hydrogen) atoms. The molecule has 0 aliphatic carbocycles. The van der Waals surface area contributed by atoms with Gasteiger partial charge in [0.1, 0.15) is 6.10 Å². The van der Waals surface area contributed by atoms with E-state index < -0.39 is 24.3 Å². The van der Waals surface area contributed by atoms with Gasteiger partial charge in [0.15, 0.2) is 6.10 Å². The molecular weight excluding hydrogens is 154 g/mol. The van der Waals surface area contributed by atoms with Crippen LogP contribution in [0.15, 0.2) is 0 Å². The van der Waals surface area contributed by atoms with Crippen LogP contribution in [0.25, 0.3) is 0 Å². The van der Waals surface area contributed by atoms with Crippen LogP contribution in [0.5, 0.6) is 0 Å². The smallest absolute Gasteiger partial charge is 0.335 e. The molecule has 0 rings (SSSR count). The van der Waals surface area contributed by atoms with Crippen LogP contribution < -0.4 is 5.73 Å². The minimum absolute atomic E-state index is 0.300. The van der Waals surface area contributed by atoms with Gasteiger partial charge in [-0.2, -0.15) is 0 Å². The zero-order valence-electron chi connectivity index (χ0n) is 5.71. The van der Waals surface area contributed by atoms with Crippen LogP contribution in [0.3, 0.4) is 0 Å². The van der Waals surface area contributed by atoms with Gasteiger partial charge in [0.25, 0.3) is 0 Å². The molecule has 3 atom stereocenters. The fraction of sp³-hybridized carbons (Fsp3) is 0.800. The predicted octanol–water partition coefficient (Wildman–Crippen LogP) is -2.89. The Kier molecular flexibility index (Phi) is 3.98. The third-order valence-electron chi connectivity index (χ3n) is 1.21. The van der Waals surface area contributed by atoms with E-state index in [4.69, 9.17) is 26.2 Å². The van der Waals surface area contributed by atoms with Crippen LogP contribution in [-0.4, -0.2) is 51.3 Å². The first-order chi connectivity index (χ1) is 5.00.